The zero-order valence-corrected chi connectivity index (χ0v) is 18.8. The van der Waals surface area contributed by atoms with Crippen molar-refractivity contribution in [3.63, 3.8) is 0 Å². The van der Waals surface area contributed by atoms with E-state index in [1.54, 1.807) is 49.4 Å². The molecule has 1 aliphatic heterocycles. The zero-order chi connectivity index (χ0) is 24.4. The number of fused-ring (bicyclic) bond motifs is 3. The van der Waals surface area contributed by atoms with Crippen molar-refractivity contribution in [1.29, 1.82) is 0 Å². The number of allylic oxidation sites excluding steroid dienone is 6. The Balaban J connectivity index is 1.58. The van der Waals surface area contributed by atoms with Crippen LogP contribution < -0.4 is 11.4 Å². The molecule has 3 heterocycles. The molecule has 0 saturated heterocycles. The Morgan fingerprint density at radius 2 is 1.80 bits per heavy atom. The molecular formula is C26H21N3O6. The van der Waals surface area contributed by atoms with E-state index in [-0.39, 0.29) is 31.1 Å². The maximum absolute atomic E-state index is 13.6. The summed E-state index contributed by atoms with van der Waals surface area (Å²) in [5.74, 6) is -0.514. The van der Waals surface area contributed by atoms with Gasteiger partial charge in [-0.2, -0.15) is 0 Å². The first kappa shape index (κ1) is 21.3. The second-order valence-corrected chi connectivity index (χ2v) is 8.89. The Kier molecular flexibility index (Phi) is 4.65. The minimum absolute atomic E-state index is 0.109. The van der Waals surface area contributed by atoms with Crippen LogP contribution >= 0.6 is 0 Å². The van der Waals surface area contributed by atoms with E-state index in [4.69, 9.17) is 4.42 Å². The lowest BCUT2D eigenvalue weighted by Crippen LogP contribution is -2.40. The molecule has 35 heavy (non-hydrogen) atoms. The van der Waals surface area contributed by atoms with Gasteiger partial charge in [-0.05, 0) is 42.8 Å². The lowest BCUT2D eigenvalue weighted by Gasteiger charge is -2.38. The third-order valence-corrected chi connectivity index (χ3v) is 6.97. The summed E-state index contributed by atoms with van der Waals surface area (Å²) in [7, 11) is 0. The summed E-state index contributed by atoms with van der Waals surface area (Å²) in [5.41, 5.74) is 1.16. The van der Waals surface area contributed by atoms with Crippen LogP contribution in [0.25, 0.3) is 5.69 Å². The molecule has 0 saturated carbocycles. The molecule has 2 aliphatic carbocycles. The number of rotatable bonds is 3. The van der Waals surface area contributed by atoms with Crippen LogP contribution in [0.5, 0.6) is 0 Å². The molecule has 0 radical (unpaired) electrons. The fraction of sp³-hybridized carbons (Fsp3) is 0.231. The van der Waals surface area contributed by atoms with Crippen molar-refractivity contribution in [2.75, 3.05) is 0 Å². The molecule has 1 aromatic carbocycles. The molecule has 1 N–H and O–H groups in total. The van der Waals surface area contributed by atoms with Gasteiger partial charge in [0.1, 0.15) is 18.1 Å². The van der Waals surface area contributed by atoms with Crippen LogP contribution in [-0.4, -0.2) is 30.6 Å². The van der Waals surface area contributed by atoms with Gasteiger partial charge in [0.25, 0.3) is 0 Å². The van der Waals surface area contributed by atoms with Crippen LogP contribution in [0.4, 0.5) is 0 Å². The Morgan fingerprint density at radius 1 is 1.03 bits per heavy atom. The molecule has 176 valence electrons. The molecule has 6 rings (SSSR count). The molecule has 0 bridgehead atoms. The first-order valence-corrected chi connectivity index (χ1v) is 11.3. The number of aliphatic hydroxyl groups is 1. The third-order valence-electron chi connectivity index (χ3n) is 6.97. The van der Waals surface area contributed by atoms with E-state index < -0.39 is 23.3 Å². The van der Waals surface area contributed by atoms with Crippen LogP contribution in [-0.2, 0) is 22.7 Å². The Hall–Kier alpha value is -4.24. The second-order valence-electron chi connectivity index (χ2n) is 8.89. The van der Waals surface area contributed by atoms with Gasteiger partial charge in [0, 0.05) is 23.1 Å². The van der Waals surface area contributed by atoms with Gasteiger partial charge in [0.05, 0.1) is 24.2 Å². The van der Waals surface area contributed by atoms with E-state index in [9.17, 15) is 24.3 Å². The first-order valence-electron chi connectivity index (χ1n) is 11.3. The lowest BCUT2D eigenvalue weighted by atomic mass is 9.69. The molecule has 9 nitrogen and oxygen atoms in total. The number of para-hydroxylation sites is 1. The predicted molar refractivity (Wildman–Crippen MR) is 124 cm³/mol. The van der Waals surface area contributed by atoms with Gasteiger partial charge in [0.2, 0.25) is 0 Å². The maximum atomic E-state index is 13.6. The van der Waals surface area contributed by atoms with E-state index in [2.05, 4.69) is 0 Å². The van der Waals surface area contributed by atoms with Crippen molar-refractivity contribution in [1.82, 2.24) is 13.9 Å². The molecular weight excluding hydrogens is 450 g/mol. The second kappa shape index (κ2) is 7.64. The summed E-state index contributed by atoms with van der Waals surface area (Å²) in [6.07, 6.45) is 3.27. The minimum atomic E-state index is -0.708. The van der Waals surface area contributed by atoms with Gasteiger partial charge in [-0.15, -0.1) is 0 Å². The monoisotopic (exact) mass is 471 g/mol. The summed E-state index contributed by atoms with van der Waals surface area (Å²) in [6, 6.07) is 11.3. The number of carbonyl (C=O) groups excluding carboxylic acids is 2. The molecule has 2 atom stereocenters. The Morgan fingerprint density at radius 3 is 2.51 bits per heavy atom. The largest absolute Gasteiger partial charge is 0.463 e. The first-order chi connectivity index (χ1) is 16.9. The maximum Gasteiger partial charge on any atom is 0.352 e. The SMILES string of the molecule is CC1=CC(=O)C2=C(C1=O)[C@@H](c1ccc(CO)o1)C1=CCn3c(=O)n(-c4ccccc4)c(=O)n3[C@@H]1C2. The molecule has 0 unspecified atom stereocenters. The summed E-state index contributed by atoms with van der Waals surface area (Å²) < 4.78 is 9.71. The Labute approximate surface area is 198 Å². The standard InChI is InChI=1S/C26H21N3O6/c1-14-11-20(31)18-12-19-17(22(23(18)24(14)32)21-8-7-16(13-30)35-21)9-10-27-25(33)28(26(34)29(19)27)15-5-3-2-4-6-15/h2-9,11,19,22,30H,10,12-13H2,1H3/t19-,22-/m1/s1. The highest BCUT2D eigenvalue weighted by atomic mass is 16.4. The molecule has 0 fully saturated rings. The van der Waals surface area contributed by atoms with Gasteiger partial charge in [0.15, 0.2) is 11.6 Å². The van der Waals surface area contributed by atoms with E-state index in [1.807, 2.05) is 6.08 Å². The number of aromatic nitrogens is 3. The summed E-state index contributed by atoms with van der Waals surface area (Å²) in [4.78, 5) is 53.1. The normalized spacial score (nSPS) is 21.3. The quantitative estimate of drug-likeness (QED) is 0.461. The predicted octanol–water partition coefficient (Wildman–Crippen LogP) is 1.95. The number of furan rings is 1. The number of carbonyl (C=O) groups is 2. The number of benzene rings is 1. The van der Waals surface area contributed by atoms with Crippen molar-refractivity contribution in [3.8, 4) is 5.69 Å². The highest BCUT2D eigenvalue weighted by molar-refractivity contribution is 6.23. The highest BCUT2D eigenvalue weighted by Crippen LogP contribution is 2.49. The van der Waals surface area contributed by atoms with Crippen molar-refractivity contribution < 1.29 is 19.1 Å². The van der Waals surface area contributed by atoms with Crippen LogP contribution in [0.15, 0.2) is 90.9 Å². The number of aliphatic hydroxyl groups excluding tert-OH is 1. The van der Waals surface area contributed by atoms with Crippen molar-refractivity contribution in [2.45, 2.75) is 38.5 Å². The number of nitrogens with zero attached hydrogens (tertiary/aromatic N) is 3. The molecule has 3 aliphatic rings. The summed E-state index contributed by atoms with van der Waals surface area (Å²) >= 11 is 0. The zero-order valence-electron chi connectivity index (χ0n) is 18.8. The molecule has 9 heteroatoms. The van der Waals surface area contributed by atoms with Crippen molar-refractivity contribution >= 4 is 11.6 Å². The van der Waals surface area contributed by atoms with E-state index in [0.29, 0.717) is 39.5 Å². The van der Waals surface area contributed by atoms with Crippen LogP contribution in [0, 0.1) is 0 Å². The number of Topliss-reactive ketones (excluding diaryl/α,β-unsaturated/α-hetero) is 1. The van der Waals surface area contributed by atoms with Crippen molar-refractivity contribution in [2.24, 2.45) is 0 Å². The highest BCUT2D eigenvalue weighted by Gasteiger charge is 2.46. The summed E-state index contributed by atoms with van der Waals surface area (Å²) in [5, 5.41) is 9.52. The number of hydrogen-bond acceptors (Lipinski definition) is 6. The molecule has 2 aromatic heterocycles. The van der Waals surface area contributed by atoms with Gasteiger partial charge in [-0.3, -0.25) is 9.59 Å². The Bertz CT molecular complexity index is 1620. The third kappa shape index (κ3) is 2.98. The van der Waals surface area contributed by atoms with Crippen LogP contribution in [0.3, 0.4) is 0 Å². The minimum Gasteiger partial charge on any atom is -0.463 e. The fourth-order valence-electron chi connectivity index (χ4n) is 5.39. The lowest BCUT2D eigenvalue weighted by molar-refractivity contribution is -0.116. The molecule has 0 spiro atoms. The molecule has 0 amide bonds. The molecule has 3 aromatic rings. The average molecular weight is 471 g/mol. The van der Waals surface area contributed by atoms with Gasteiger partial charge >= 0.3 is 11.4 Å². The number of ketones is 2. The summed E-state index contributed by atoms with van der Waals surface area (Å²) in [6.45, 7) is 1.42. The van der Waals surface area contributed by atoms with Gasteiger partial charge in [-0.1, -0.05) is 24.3 Å². The van der Waals surface area contributed by atoms with E-state index in [0.717, 1.165) is 4.57 Å². The fourth-order valence-corrected chi connectivity index (χ4v) is 5.39. The number of hydrogen-bond donors (Lipinski definition) is 1. The van der Waals surface area contributed by atoms with Crippen LogP contribution in [0.1, 0.15) is 36.8 Å². The van der Waals surface area contributed by atoms with E-state index in [1.165, 1.54) is 15.4 Å². The smallest absolute Gasteiger partial charge is 0.352 e. The average Bonchev–Trinajstić information content (AvgIpc) is 3.44. The topological polar surface area (TPSA) is 116 Å². The van der Waals surface area contributed by atoms with Crippen molar-refractivity contribution in [3.05, 3.63) is 109 Å². The van der Waals surface area contributed by atoms with Gasteiger partial charge in [-0.25, -0.2) is 23.5 Å². The van der Waals surface area contributed by atoms with Gasteiger partial charge < -0.3 is 9.52 Å². The van der Waals surface area contributed by atoms with Crippen LogP contribution in [0.2, 0.25) is 0 Å². The van der Waals surface area contributed by atoms with E-state index >= 15 is 0 Å².